The van der Waals surface area contributed by atoms with Crippen molar-refractivity contribution in [1.82, 2.24) is 5.32 Å². The molecule has 2 aromatic carbocycles. The molecule has 4 heteroatoms. The summed E-state index contributed by atoms with van der Waals surface area (Å²) in [4.78, 5) is 2.50. The van der Waals surface area contributed by atoms with E-state index in [0.29, 0.717) is 11.0 Å². The Bertz CT molecular complexity index is 737. The predicted molar refractivity (Wildman–Crippen MR) is 121 cm³/mol. The molecule has 27 heavy (non-hydrogen) atoms. The van der Waals surface area contributed by atoms with Gasteiger partial charge < -0.3 is 15.5 Å². The minimum atomic E-state index is 0.542. The quantitative estimate of drug-likeness (QED) is 0.666. The van der Waals surface area contributed by atoms with Crippen LogP contribution in [0.3, 0.4) is 0 Å². The van der Waals surface area contributed by atoms with Gasteiger partial charge in [-0.25, -0.2) is 0 Å². The Morgan fingerprint density at radius 1 is 1.11 bits per heavy atom. The van der Waals surface area contributed by atoms with Crippen LogP contribution in [0.25, 0.3) is 0 Å². The first-order chi connectivity index (χ1) is 13.0. The fourth-order valence-corrected chi connectivity index (χ4v) is 3.75. The number of thiocarbonyl (C=S) groups is 1. The van der Waals surface area contributed by atoms with Crippen LogP contribution in [0.1, 0.15) is 50.7 Å². The number of anilines is 2. The van der Waals surface area contributed by atoms with Crippen molar-refractivity contribution in [2.75, 3.05) is 23.3 Å². The lowest BCUT2D eigenvalue weighted by Crippen LogP contribution is -2.34. The highest BCUT2D eigenvalue weighted by molar-refractivity contribution is 7.80. The van der Waals surface area contributed by atoms with Gasteiger partial charge in [0.15, 0.2) is 5.11 Å². The summed E-state index contributed by atoms with van der Waals surface area (Å²) in [7, 11) is 0. The normalized spacial score (nSPS) is 17.0. The molecule has 3 nitrogen and oxygen atoms in total. The van der Waals surface area contributed by atoms with Gasteiger partial charge in [-0.05, 0) is 72.3 Å². The third-order valence-corrected chi connectivity index (χ3v) is 5.49. The minimum Gasteiger partial charge on any atom is -0.371 e. The fraction of sp³-hybridized carbons (Fsp3) is 0.435. The van der Waals surface area contributed by atoms with E-state index in [0.717, 1.165) is 18.2 Å². The molecule has 144 valence electrons. The van der Waals surface area contributed by atoms with Crippen LogP contribution < -0.4 is 15.5 Å². The Hall–Kier alpha value is -2.07. The second-order valence-electron chi connectivity index (χ2n) is 7.94. The Labute approximate surface area is 169 Å². The summed E-state index contributed by atoms with van der Waals surface area (Å²) in [6, 6.07) is 17.3. The first-order valence-electron chi connectivity index (χ1n) is 10.00. The van der Waals surface area contributed by atoms with Crippen molar-refractivity contribution < 1.29 is 0 Å². The van der Waals surface area contributed by atoms with Gasteiger partial charge in [0.2, 0.25) is 0 Å². The maximum Gasteiger partial charge on any atom is 0.171 e. The lowest BCUT2D eigenvalue weighted by Gasteiger charge is -2.32. The van der Waals surface area contributed by atoms with Gasteiger partial charge in [-0.2, -0.15) is 0 Å². The third kappa shape index (κ3) is 5.70. The van der Waals surface area contributed by atoms with Gasteiger partial charge in [0.1, 0.15) is 0 Å². The molecule has 0 radical (unpaired) electrons. The molecule has 0 bridgehead atoms. The number of hydrogen-bond acceptors (Lipinski definition) is 2. The lowest BCUT2D eigenvalue weighted by molar-refractivity contribution is 0.447. The van der Waals surface area contributed by atoms with Crippen LogP contribution in [0.5, 0.6) is 0 Å². The lowest BCUT2D eigenvalue weighted by atomic mass is 9.99. The van der Waals surface area contributed by atoms with Gasteiger partial charge in [0.25, 0.3) is 0 Å². The van der Waals surface area contributed by atoms with Gasteiger partial charge in [-0.15, -0.1) is 0 Å². The summed E-state index contributed by atoms with van der Waals surface area (Å²) in [5, 5.41) is 7.21. The molecular weight excluding hydrogens is 350 g/mol. The molecule has 0 unspecified atom stereocenters. The van der Waals surface area contributed by atoms with Gasteiger partial charge in [0.05, 0.1) is 0 Å². The zero-order chi connectivity index (χ0) is 19.2. The van der Waals surface area contributed by atoms with Crippen molar-refractivity contribution in [3.8, 4) is 0 Å². The molecule has 0 saturated carbocycles. The van der Waals surface area contributed by atoms with Crippen molar-refractivity contribution in [2.45, 2.75) is 46.1 Å². The summed E-state index contributed by atoms with van der Waals surface area (Å²) in [6.07, 6.45) is 2.64. The van der Waals surface area contributed by atoms with Crippen molar-refractivity contribution in [3.63, 3.8) is 0 Å². The van der Waals surface area contributed by atoms with Crippen LogP contribution in [-0.4, -0.2) is 18.2 Å². The number of rotatable bonds is 5. The number of benzene rings is 2. The standard InChI is InChI=1S/C23H31N3S/c1-17(2)20-8-10-21(11-9-20)25-23(27)24-15-19-6-12-22(13-7-19)26-14-4-5-18(3)16-26/h6-13,17-18H,4-5,14-16H2,1-3H3,(H2,24,25,27)/t18-/m1/s1. The van der Waals surface area contributed by atoms with Crippen molar-refractivity contribution in [3.05, 3.63) is 59.7 Å². The second kappa shape index (κ2) is 9.23. The van der Waals surface area contributed by atoms with E-state index >= 15 is 0 Å². The Morgan fingerprint density at radius 2 is 1.81 bits per heavy atom. The Balaban J connectivity index is 1.48. The third-order valence-electron chi connectivity index (χ3n) is 5.25. The molecule has 2 aromatic rings. The van der Waals surface area contributed by atoms with Crippen LogP contribution in [0.15, 0.2) is 48.5 Å². The number of nitrogens with one attached hydrogen (secondary N) is 2. The zero-order valence-corrected chi connectivity index (χ0v) is 17.5. The smallest absolute Gasteiger partial charge is 0.171 e. The van der Waals surface area contributed by atoms with E-state index in [-0.39, 0.29) is 0 Å². The number of hydrogen-bond donors (Lipinski definition) is 2. The van der Waals surface area contributed by atoms with Gasteiger partial charge in [-0.3, -0.25) is 0 Å². The summed E-state index contributed by atoms with van der Waals surface area (Å²) < 4.78 is 0. The van der Waals surface area contributed by atoms with E-state index in [1.54, 1.807) is 0 Å². The molecule has 2 N–H and O–H groups in total. The van der Waals surface area contributed by atoms with Crippen molar-refractivity contribution in [2.24, 2.45) is 5.92 Å². The largest absolute Gasteiger partial charge is 0.371 e. The summed E-state index contributed by atoms with van der Waals surface area (Å²) >= 11 is 5.43. The zero-order valence-electron chi connectivity index (χ0n) is 16.7. The maximum absolute atomic E-state index is 5.43. The second-order valence-corrected chi connectivity index (χ2v) is 8.35. The molecular formula is C23H31N3S. The number of piperidine rings is 1. The predicted octanol–water partition coefficient (Wildman–Crippen LogP) is 5.53. The van der Waals surface area contributed by atoms with Gasteiger partial charge in [0, 0.05) is 31.0 Å². The first-order valence-corrected chi connectivity index (χ1v) is 10.4. The number of nitrogens with zero attached hydrogens (tertiary/aromatic N) is 1. The molecule has 1 aliphatic heterocycles. The fourth-order valence-electron chi connectivity index (χ4n) is 3.56. The van der Waals surface area contributed by atoms with Crippen molar-refractivity contribution in [1.29, 1.82) is 0 Å². The maximum atomic E-state index is 5.43. The van der Waals surface area contributed by atoms with Crippen LogP contribution in [0.2, 0.25) is 0 Å². The molecule has 1 saturated heterocycles. The van der Waals surface area contributed by atoms with Crippen LogP contribution in [0.4, 0.5) is 11.4 Å². The molecule has 0 aromatic heterocycles. The van der Waals surface area contributed by atoms with E-state index < -0.39 is 0 Å². The molecule has 1 fully saturated rings. The van der Waals surface area contributed by atoms with Crippen molar-refractivity contribution >= 4 is 28.7 Å². The highest BCUT2D eigenvalue weighted by Gasteiger charge is 2.16. The molecule has 1 aliphatic rings. The van der Waals surface area contributed by atoms with Crippen LogP contribution in [-0.2, 0) is 6.54 Å². The summed E-state index contributed by atoms with van der Waals surface area (Å²) in [6.45, 7) is 9.81. The van der Waals surface area contributed by atoms with E-state index in [4.69, 9.17) is 12.2 Å². The molecule has 1 heterocycles. The average Bonchev–Trinajstić information content (AvgIpc) is 2.67. The van der Waals surface area contributed by atoms with Crippen LogP contribution in [0, 0.1) is 5.92 Å². The Kier molecular flexibility index (Phi) is 6.73. The summed E-state index contributed by atoms with van der Waals surface area (Å²) in [5.41, 5.74) is 4.92. The highest BCUT2D eigenvalue weighted by Crippen LogP contribution is 2.23. The minimum absolute atomic E-state index is 0.542. The van der Waals surface area contributed by atoms with E-state index in [1.165, 1.54) is 42.7 Å². The van der Waals surface area contributed by atoms with Crippen LogP contribution >= 0.6 is 12.2 Å². The Morgan fingerprint density at radius 3 is 2.44 bits per heavy atom. The van der Waals surface area contributed by atoms with Gasteiger partial charge >= 0.3 is 0 Å². The summed E-state index contributed by atoms with van der Waals surface area (Å²) in [5.74, 6) is 1.33. The topological polar surface area (TPSA) is 27.3 Å². The molecule has 1 atom stereocenters. The highest BCUT2D eigenvalue weighted by atomic mass is 32.1. The van der Waals surface area contributed by atoms with E-state index in [9.17, 15) is 0 Å². The monoisotopic (exact) mass is 381 g/mol. The molecule has 3 rings (SSSR count). The van der Waals surface area contributed by atoms with E-state index in [1.807, 2.05) is 0 Å². The SMILES string of the molecule is CC(C)c1ccc(NC(=S)NCc2ccc(N3CCC[C@@H](C)C3)cc2)cc1. The average molecular weight is 382 g/mol. The first kappa shape index (κ1) is 19.7. The van der Waals surface area contributed by atoms with E-state index in [2.05, 4.69) is 84.8 Å². The van der Waals surface area contributed by atoms with Gasteiger partial charge in [-0.1, -0.05) is 45.0 Å². The molecule has 0 aliphatic carbocycles. The molecule has 0 amide bonds. The molecule has 0 spiro atoms.